The number of anilines is 2. The van der Waals surface area contributed by atoms with E-state index >= 15 is 0 Å². The Morgan fingerprint density at radius 2 is 2.05 bits per heavy atom. The highest BCUT2D eigenvalue weighted by molar-refractivity contribution is 5.59. The van der Waals surface area contributed by atoms with Crippen LogP contribution < -0.4 is 15.8 Å². The first-order chi connectivity index (χ1) is 9.19. The molecule has 3 N–H and O–H groups in total. The zero-order valence-corrected chi connectivity index (χ0v) is 12.1. The molecule has 2 rings (SSSR count). The summed E-state index contributed by atoms with van der Waals surface area (Å²) >= 11 is 0. The Labute approximate surface area is 116 Å². The van der Waals surface area contributed by atoms with Gasteiger partial charge in [0, 0.05) is 30.1 Å². The molecule has 0 radical (unpaired) electrons. The fourth-order valence-corrected chi connectivity index (χ4v) is 2.92. The van der Waals surface area contributed by atoms with Gasteiger partial charge in [0.25, 0.3) is 0 Å². The lowest BCUT2D eigenvalue weighted by atomic mass is 9.80. The molecule has 1 aliphatic carbocycles. The predicted molar refractivity (Wildman–Crippen MR) is 81.6 cm³/mol. The summed E-state index contributed by atoms with van der Waals surface area (Å²) in [6.45, 7) is 6.06. The summed E-state index contributed by atoms with van der Waals surface area (Å²) in [6, 6.07) is 5.89. The van der Waals surface area contributed by atoms with Gasteiger partial charge < -0.3 is 15.8 Å². The lowest BCUT2D eigenvalue weighted by molar-refractivity contribution is 0.268. The zero-order chi connectivity index (χ0) is 13.7. The van der Waals surface area contributed by atoms with Crippen molar-refractivity contribution in [1.29, 1.82) is 0 Å². The van der Waals surface area contributed by atoms with Crippen LogP contribution in [-0.2, 0) is 0 Å². The van der Waals surface area contributed by atoms with Crippen LogP contribution in [0.5, 0.6) is 5.75 Å². The number of ether oxygens (including phenoxy) is 1. The molecule has 2 unspecified atom stereocenters. The van der Waals surface area contributed by atoms with Crippen LogP contribution in [0.1, 0.15) is 39.5 Å². The van der Waals surface area contributed by atoms with E-state index in [0.29, 0.717) is 6.61 Å². The monoisotopic (exact) mass is 262 g/mol. The highest BCUT2D eigenvalue weighted by atomic mass is 16.5. The Kier molecular flexibility index (Phi) is 4.94. The molecule has 1 aliphatic rings. The summed E-state index contributed by atoms with van der Waals surface area (Å²) < 4.78 is 5.52. The summed E-state index contributed by atoms with van der Waals surface area (Å²) in [5.74, 6) is 2.46. The molecular weight excluding hydrogens is 236 g/mol. The standard InChI is InChI=1S/C16H26N2O/c1-3-19-16-9-14(17)8-15(10-16)18-11-13-7-5-4-6-12(13)2/h8-10,12-13,18H,3-7,11,17H2,1-2H3. The van der Waals surface area contributed by atoms with Gasteiger partial charge in [0.05, 0.1) is 6.61 Å². The third-order valence-electron chi connectivity index (χ3n) is 4.10. The van der Waals surface area contributed by atoms with E-state index in [0.717, 1.165) is 35.5 Å². The molecule has 0 saturated heterocycles. The zero-order valence-electron chi connectivity index (χ0n) is 12.1. The fourth-order valence-electron chi connectivity index (χ4n) is 2.92. The Bertz CT molecular complexity index is 406. The number of benzene rings is 1. The number of hydrogen-bond acceptors (Lipinski definition) is 3. The van der Waals surface area contributed by atoms with Crippen molar-refractivity contribution in [3.63, 3.8) is 0 Å². The van der Waals surface area contributed by atoms with Crippen LogP contribution >= 0.6 is 0 Å². The first-order valence-electron chi connectivity index (χ1n) is 7.46. The van der Waals surface area contributed by atoms with Crippen molar-refractivity contribution >= 4 is 11.4 Å². The van der Waals surface area contributed by atoms with E-state index in [4.69, 9.17) is 10.5 Å². The third-order valence-corrected chi connectivity index (χ3v) is 4.10. The molecule has 19 heavy (non-hydrogen) atoms. The number of nitrogen functional groups attached to an aromatic ring is 1. The van der Waals surface area contributed by atoms with Crippen LogP contribution in [0.2, 0.25) is 0 Å². The molecular formula is C16H26N2O. The maximum atomic E-state index is 5.91. The van der Waals surface area contributed by atoms with Crippen molar-refractivity contribution in [2.45, 2.75) is 39.5 Å². The summed E-state index contributed by atoms with van der Waals surface area (Å²) in [5.41, 5.74) is 7.73. The molecule has 106 valence electrons. The maximum absolute atomic E-state index is 5.91. The third kappa shape index (κ3) is 4.05. The van der Waals surface area contributed by atoms with Crippen LogP contribution in [-0.4, -0.2) is 13.2 Å². The molecule has 3 heteroatoms. The van der Waals surface area contributed by atoms with Gasteiger partial charge in [-0.3, -0.25) is 0 Å². The summed E-state index contributed by atoms with van der Waals surface area (Å²) in [4.78, 5) is 0. The summed E-state index contributed by atoms with van der Waals surface area (Å²) in [7, 11) is 0. The minimum absolute atomic E-state index is 0.669. The Balaban J connectivity index is 1.94. The average molecular weight is 262 g/mol. The van der Waals surface area contributed by atoms with Crippen LogP contribution in [0.15, 0.2) is 18.2 Å². The largest absolute Gasteiger partial charge is 0.494 e. The molecule has 0 bridgehead atoms. The highest BCUT2D eigenvalue weighted by Crippen LogP contribution is 2.30. The lowest BCUT2D eigenvalue weighted by Crippen LogP contribution is -2.24. The first kappa shape index (κ1) is 14.0. The van der Waals surface area contributed by atoms with Crippen molar-refractivity contribution in [3.05, 3.63) is 18.2 Å². The van der Waals surface area contributed by atoms with Gasteiger partial charge in [-0.05, 0) is 31.2 Å². The summed E-state index contributed by atoms with van der Waals surface area (Å²) in [6.07, 6.45) is 5.48. The van der Waals surface area contributed by atoms with Crippen molar-refractivity contribution < 1.29 is 4.74 Å². The maximum Gasteiger partial charge on any atom is 0.123 e. The van der Waals surface area contributed by atoms with Gasteiger partial charge in [0.15, 0.2) is 0 Å². The SMILES string of the molecule is CCOc1cc(N)cc(NCC2CCCCC2C)c1. The normalized spacial score (nSPS) is 23.1. The summed E-state index contributed by atoms with van der Waals surface area (Å²) in [5, 5.41) is 3.52. The Hall–Kier alpha value is -1.38. The smallest absolute Gasteiger partial charge is 0.123 e. The Morgan fingerprint density at radius 1 is 1.26 bits per heavy atom. The van der Waals surface area contributed by atoms with Gasteiger partial charge in [-0.25, -0.2) is 0 Å². The van der Waals surface area contributed by atoms with E-state index in [1.165, 1.54) is 25.7 Å². The molecule has 1 aromatic carbocycles. The predicted octanol–water partition coefficient (Wildman–Crippen LogP) is 3.91. The second-order valence-electron chi connectivity index (χ2n) is 5.63. The van der Waals surface area contributed by atoms with Gasteiger partial charge >= 0.3 is 0 Å². The molecule has 3 nitrogen and oxygen atoms in total. The number of hydrogen-bond donors (Lipinski definition) is 2. The fraction of sp³-hybridized carbons (Fsp3) is 0.625. The number of nitrogens with two attached hydrogens (primary N) is 1. The quantitative estimate of drug-likeness (QED) is 0.791. The van der Waals surface area contributed by atoms with E-state index in [-0.39, 0.29) is 0 Å². The highest BCUT2D eigenvalue weighted by Gasteiger charge is 2.20. The van der Waals surface area contributed by atoms with Crippen LogP contribution in [0.4, 0.5) is 11.4 Å². The van der Waals surface area contributed by atoms with E-state index in [9.17, 15) is 0 Å². The first-order valence-corrected chi connectivity index (χ1v) is 7.46. The minimum atomic E-state index is 0.669. The molecule has 0 aliphatic heterocycles. The van der Waals surface area contributed by atoms with Gasteiger partial charge in [0.1, 0.15) is 5.75 Å². The molecule has 0 aromatic heterocycles. The molecule has 0 spiro atoms. The molecule has 1 saturated carbocycles. The molecule has 1 fully saturated rings. The number of nitrogens with one attached hydrogen (secondary N) is 1. The second-order valence-corrected chi connectivity index (χ2v) is 5.63. The van der Waals surface area contributed by atoms with Gasteiger partial charge in [0.2, 0.25) is 0 Å². The molecule has 0 heterocycles. The Morgan fingerprint density at radius 3 is 2.79 bits per heavy atom. The van der Waals surface area contributed by atoms with Crippen LogP contribution in [0.25, 0.3) is 0 Å². The second kappa shape index (κ2) is 6.69. The minimum Gasteiger partial charge on any atom is -0.494 e. The van der Waals surface area contributed by atoms with E-state index in [1.807, 2.05) is 25.1 Å². The molecule has 1 aromatic rings. The average Bonchev–Trinajstić information content (AvgIpc) is 2.37. The van der Waals surface area contributed by atoms with E-state index in [1.54, 1.807) is 0 Å². The van der Waals surface area contributed by atoms with E-state index in [2.05, 4.69) is 12.2 Å². The lowest BCUT2D eigenvalue weighted by Gasteiger charge is -2.29. The van der Waals surface area contributed by atoms with Crippen molar-refractivity contribution in [2.24, 2.45) is 11.8 Å². The van der Waals surface area contributed by atoms with Crippen molar-refractivity contribution in [2.75, 3.05) is 24.2 Å². The van der Waals surface area contributed by atoms with E-state index < -0.39 is 0 Å². The van der Waals surface area contributed by atoms with Crippen LogP contribution in [0.3, 0.4) is 0 Å². The van der Waals surface area contributed by atoms with Crippen LogP contribution in [0, 0.1) is 11.8 Å². The van der Waals surface area contributed by atoms with Crippen molar-refractivity contribution in [1.82, 2.24) is 0 Å². The molecule has 2 atom stereocenters. The topological polar surface area (TPSA) is 47.3 Å². The van der Waals surface area contributed by atoms with Gasteiger partial charge in [-0.15, -0.1) is 0 Å². The molecule has 0 amide bonds. The van der Waals surface area contributed by atoms with Gasteiger partial charge in [-0.1, -0.05) is 26.2 Å². The van der Waals surface area contributed by atoms with Gasteiger partial charge in [-0.2, -0.15) is 0 Å². The van der Waals surface area contributed by atoms with Crippen molar-refractivity contribution in [3.8, 4) is 5.75 Å². The number of rotatable bonds is 5.